The van der Waals surface area contributed by atoms with Crippen molar-refractivity contribution < 1.29 is 14.2 Å². The summed E-state index contributed by atoms with van der Waals surface area (Å²) >= 11 is 0. The van der Waals surface area contributed by atoms with Crippen molar-refractivity contribution in [3.63, 3.8) is 0 Å². The van der Waals surface area contributed by atoms with Crippen LogP contribution in [0.4, 0.5) is 4.39 Å². The minimum absolute atomic E-state index is 0.227. The standard InChI is InChI=1S/C19H25FN4O2/c1-3-22-19(23-14-17(25)15-8-10-21-11-9-15)24(2)12-13-26-18-7-5-4-6-16(18)20/h4-11,17,25H,3,12-14H2,1-2H3,(H,22,23). The molecule has 0 radical (unpaired) electrons. The van der Waals surface area contributed by atoms with Crippen molar-refractivity contribution in [2.45, 2.75) is 13.0 Å². The van der Waals surface area contributed by atoms with E-state index in [0.29, 0.717) is 25.7 Å². The van der Waals surface area contributed by atoms with Gasteiger partial charge in [0.25, 0.3) is 0 Å². The van der Waals surface area contributed by atoms with E-state index in [9.17, 15) is 9.50 Å². The molecule has 2 N–H and O–H groups in total. The number of aliphatic imine (C=N–C) groups is 1. The summed E-state index contributed by atoms with van der Waals surface area (Å²) in [6.45, 7) is 3.73. The molecule has 0 fully saturated rings. The van der Waals surface area contributed by atoms with Gasteiger partial charge in [0.05, 0.1) is 19.2 Å². The van der Waals surface area contributed by atoms with E-state index in [2.05, 4.69) is 15.3 Å². The second-order valence-electron chi connectivity index (χ2n) is 5.69. The highest BCUT2D eigenvalue weighted by Gasteiger charge is 2.10. The molecule has 7 heteroatoms. The Labute approximate surface area is 153 Å². The van der Waals surface area contributed by atoms with E-state index in [-0.39, 0.29) is 18.1 Å². The van der Waals surface area contributed by atoms with Crippen molar-refractivity contribution in [1.82, 2.24) is 15.2 Å². The molecule has 1 aromatic heterocycles. The van der Waals surface area contributed by atoms with Crippen LogP contribution in [-0.4, -0.2) is 54.2 Å². The summed E-state index contributed by atoms with van der Waals surface area (Å²) < 4.78 is 19.0. The quantitative estimate of drug-likeness (QED) is 0.558. The second kappa shape index (κ2) is 10.4. The summed E-state index contributed by atoms with van der Waals surface area (Å²) in [4.78, 5) is 10.3. The number of aliphatic hydroxyl groups excluding tert-OH is 1. The normalized spacial score (nSPS) is 12.5. The van der Waals surface area contributed by atoms with Gasteiger partial charge in [0, 0.05) is 26.0 Å². The van der Waals surface area contributed by atoms with Gasteiger partial charge in [0.1, 0.15) is 6.61 Å². The number of aromatic nitrogens is 1. The Kier molecular flexibility index (Phi) is 7.82. The van der Waals surface area contributed by atoms with Crippen molar-refractivity contribution in [1.29, 1.82) is 0 Å². The highest BCUT2D eigenvalue weighted by Crippen LogP contribution is 2.15. The number of benzene rings is 1. The summed E-state index contributed by atoms with van der Waals surface area (Å²) in [7, 11) is 1.87. The number of rotatable bonds is 8. The number of hydrogen-bond acceptors (Lipinski definition) is 4. The first-order valence-electron chi connectivity index (χ1n) is 8.56. The number of aliphatic hydroxyl groups is 1. The Balaban J connectivity index is 1.89. The highest BCUT2D eigenvalue weighted by atomic mass is 19.1. The molecular formula is C19H25FN4O2. The minimum atomic E-state index is -0.699. The lowest BCUT2D eigenvalue weighted by molar-refractivity contribution is 0.186. The molecule has 2 rings (SSSR count). The molecule has 0 bridgehead atoms. The Bertz CT molecular complexity index is 697. The molecule has 0 saturated heterocycles. The molecular weight excluding hydrogens is 335 g/mol. The molecule has 1 aromatic carbocycles. The molecule has 0 aliphatic rings. The molecule has 2 aromatic rings. The lowest BCUT2D eigenvalue weighted by atomic mass is 10.1. The third-order valence-corrected chi connectivity index (χ3v) is 3.72. The third kappa shape index (κ3) is 6.00. The molecule has 26 heavy (non-hydrogen) atoms. The topological polar surface area (TPSA) is 70.0 Å². The maximum absolute atomic E-state index is 13.6. The maximum Gasteiger partial charge on any atom is 0.193 e. The molecule has 0 aliphatic carbocycles. The molecule has 0 amide bonds. The summed E-state index contributed by atoms with van der Waals surface area (Å²) in [5.74, 6) is 0.505. The van der Waals surface area contributed by atoms with Crippen molar-refractivity contribution in [3.8, 4) is 5.75 Å². The highest BCUT2D eigenvalue weighted by molar-refractivity contribution is 5.79. The van der Waals surface area contributed by atoms with Gasteiger partial charge >= 0.3 is 0 Å². The molecule has 6 nitrogen and oxygen atoms in total. The predicted molar refractivity (Wildman–Crippen MR) is 99.7 cm³/mol. The van der Waals surface area contributed by atoms with E-state index < -0.39 is 6.10 Å². The van der Waals surface area contributed by atoms with Gasteiger partial charge in [-0.1, -0.05) is 12.1 Å². The number of halogens is 1. The Morgan fingerprint density at radius 2 is 2.04 bits per heavy atom. The van der Waals surface area contributed by atoms with Gasteiger partial charge in [-0.3, -0.25) is 9.98 Å². The number of nitrogens with one attached hydrogen (secondary N) is 1. The maximum atomic E-state index is 13.6. The zero-order chi connectivity index (χ0) is 18.8. The fourth-order valence-corrected chi connectivity index (χ4v) is 2.29. The summed E-state index contributed by atoms with van der Waals surface area (Å²) in [6, 6.07) is 9.84. The van der Waals surface area contributed by atoms with Crippen LogP contribution in [0.25, 0.3) is 0 Å². The molecule has 0 aliphatic heterocycles. The van der Waals surface area contributed by atoms with Crippen LogP contribution in [0.15, 0.2) is 53.8 Å². The Morgan fingerprint density at radius 1 is 1.31 bits per heavy atom. The first-order chi connectivity index (χ1) is 12.6. The predicted octanol–water partition coefficient (Wildman–Crippen LogP) is 2.23. The van der Waals surface area contributed by atoms with Gasteiger partial charge in [-0.05, 0) is 36.8 Å². The van der Waals surface area contributed by atoms with Gasteiger partial charge in [-0.15, -0.1) is 0 Å². The average molecular weight is 360 g/mol. The number of para-hydroxylation sites is 1. The number of nitrogens with zero attached hydrogens (tertiary/aromatic N) is 3. The van der Waals surface area contributed by atoms with Crippen molar-refractivity contribution in [2.75, 3.05) is 33.3 Å². The zero-order valence-corrected chi connectivity index (χ0v) is 15.1. The van der Waals surface area contributed by atoms with Crippen molar-refractivity contribution in [3.05, 3.63) is 60.2 Å². The number of likely N-dealkylation sites (N-methyl/N-ethyl adjacent to an activating group) is 1. The van der Waals surface area contributed by atoms with Crippen LogP contribution in [-0.2, 0) is 0 Å². The molecule has 1 atom stereocenters. The van der Waals surface area contributed by atoms with E-state index in [1.54, 1.807) is 42.7 Å². The SMILES string of the molecule is CCNC(=NCC(O)c1ccncc1)N(C)CCOc1ccccc1F. The fraction of sp³-hybridized carbons (Fsp3) is 0.368. The number of ether oxygens (including phenoxy) is 1. The monoisotopic (exact) mass is 360 g/mol. The van der Waals surface area contributed by atoms with Gasteiger partial charge in [-0.2, -0.15) is 0 Å². The molecule has 0 spiro atoms. The van der Waals surface area contributed by atoms with Crippen molar-refractivity contribution in [2.24, 2.45) is 4.99 Å². The number of guanidine groups is 1. The summed E-state index contributed by atoms with van der Waals surface area (Å²) in [5, 5.41) is 13.4. The van der Waals surface area contributed by atoms with Gasteiger partial charge in [0.2, 0.25) is 0 Å². The largest absolute Gasteiger partial charge is 0.489 e. The van der Waals surface area contributed by atoms with Crippen LogP contribution in [0.3, 0.4) is 0 Å². The average Bonchev–Trinajstić information content (AvgIpc) is 2.67. The van der Waals surface area contributed by atoms with E-state index in [4.69, 9.17) is 4.74 Å². The molecule has 140 valence electrons. The lowest BCUT2D eigenvalue weighted by Gasteiger charge is -2.22. The van der Waals surface area contributed by atoms with Gasteiger partial charge < -0.3 is 20.1 Å². The first-order valence-corrected chi connectivity index (χ1v) is 8.56. The van der Waals surface area contributed by atoms with E-state index in [1.807, 2.05) is 18.9 Å². The Hall–Kier alpha value is -2.67. The van der Waals surface area contributed by atoms with Crippen LogP contribution < -0.4 is 10.1 Å². The lowest BCUT2D eigenvalue weighted by Crippen LogP contribution is -2.41. The third-order valence-electron chi connectivity index (χ3n) is 3.72. The molecule has 1 unspecified atom stereocenters. The van der Waals surface area contributed by atoms with Crippen LogP contribution in [0.5, 0.6) is 5.75 Å². The van der Waals surface area contributed by atoms with Gasteiger partial charge in [-0.25, -0.2) is 4.39 Å². The smallest absolute Gasteiger partial charge is 0.193 e. The summed E-state index contributed by atoms with van der Waals surface area (Å²) in [5.41, 5.74) is 0.769. The first kappa shape index (κ1) is 19.7. The van der Waals surface area contributed by atoms with E-state index >= 15 is 0 Å². The van der Waals surface area contributed by atoms with Gasteiger partial charge in [0.15, 0.2) is 17.5 Å². The second-order valence-corrected chi connectivity index (χ2v) is 5.69. The van der Waals surface area contributed by atoms with Crippen LogP contribution in [0.1, 0.15) is 18.6 Å². The zero-order valence-electron chi connectivity index (χ0n) is 15.1. The molecule has 1 heterocycles. The van der Waals surface area contributed by atoms with Crippen LogP contribution in [0, 0.1) is 5.82 Å². The Morgan fingerprint density at radius 3 is 2.73 bits per heavy atom. The number of hydrogen-bond donors (Lipinski definition) is 2. The van der Waals surface area contributed by atoms with E-state index in [1.165, 1.54) is 6.07 Å². The fourth-order valence-electron chi connectivity index (χ4n) is 2.29. The summed E-state index contributed by atoms with van der Waals surface area (Å²) in [6.07, 6.45) is 2.58. The molecule has 0 saturated carbocycles. The number of pyridine rings is 1. The van der Waals surface area contributed by atoms with Crippen LogP contribution in [0.2, 0.25) is 0 Å². The van der Waals surface area contributed by atoms with E-state index in [0.717, 1.165) is 5.56 Å². The van der Waals surface area contributed by atoms with Crippen molar-refractivity contribution >= 4 is 5.96 Å². The van der Waals surface area contributed by atoms with Crippen LogP contribution >= 0.6 is 0 Å². The minimum Gasteiger partial charge on any atom is -0.489 e.